The van der Waals surface area contributed by atoms with E-state index < -0.39 is 11.5 Å². The molecule has 0 aromatic heterocycles. The first-order valence-corrected chi connectivity index (χ1v) is 6.63. The summed E-state index contributed by atoms with van der Waals surface area (Å²) in [6, 6.07) is 4.88. The summed E-state index contributed by atoms with van der Waals surface area (Å²) in [7, 11) is 0. The van der Waals surface area contributed by atoms with Crippen LogP contribution in [0.2, 0.25) is 10.0 Å². The summed E-state index contributed by atoms with van der Waals surface area (Å²) in [5.41, 5.74) is -0.699. The monoisotopic (exact) mass is 287 g/mol. The van der Waals surface area contributed by atoms with Crippen LogP contribution in [0.25, 0.3) is 0 Å². The number of hydrogen-bond acceptors (Lipinski definition) is 2. The van der Waals surface area contributed by atoms with Gasteiger partial charge in [0.2, 0.25) is 0 Å². The topological polar surface area (TPSA) is 49.3 Å². The van der Waals surface area contributed by atoms with E-state index in [0.717, 1.165) is 12.8 Å². The normalized spacial score (nSPS) is 18.4. The molecule has 1 aliphatic carbocycles. The molecule has 18 heavy (non-hydrogen) atoms. The molecule has 0 bridgehead atoms. The van der Waals surface area contributed by atoms with Crippen molar-refractivity contribution < 1.29 is 9.90 Å². The summed E-state index contributed by atoms with van der Waals surface area (Å²) in [6.45, 7) is 2.31. The second kappa shape index (κ2) is 5.08. The molecule has 0 spiro atoms. The van der Waals surface area contributed by atoms with E-state index in [-0.39, 0.29) is 0 Å². The maximum atomic E-state index is 11.6. The summed E-state index contributed by atoms with van der Waals surface area (Å²) < 4.78 is 0. The van der Waals surface area contributed by atoms with Crippen molar-refractivity contribution in [1.82, 2.24) is 5.32 Å². The standard InChI is InChI=1S/C13H15Cl2NO2/c1-13(12(17)18,16-7-8-2-3-8)10-6-9(14)4-5-11(10)15/h4-6,8,16H,2-3,7H2,1H3,(H,17,18). The van der Waals surface area contributed by atoms with Crippen LogP contribution in [0.5, 0.6) is 0 Å². The van der Waals surface area contributed by atoms with E-state index in [2.05, 4.69) is 5.32 Å². The number of carbonyl (C=O) groups is 1. The van der Waals surface area contributed by atoms with Crippen LogP contribution >= 0.6 is 23.2 Å². The number of carboxylic acid groups (broad SMARTS) is 1. The van der Waals surface area contributed by atoms with Crippen molar-refractivity contribution in [2.45, 2.75) is 25.3 Å². The molecule has 2 N–H and O–H groups in total. The molecule has 1 aromatic carbocycles. The molecule has 1 atom stereocenters. The molecule has 1 aliphatic rings. The van der Waals surface area contributed by atoms with Crippen molar-refractivity contribution >= 4 is 29.2 Å². The summed E-state index contributed by atoms with van der Waals surface area (Å²) in [6.07, 6.45) is 2.32. The Balaban J connectivity index is 2.31. The molecular weight excluding hydrogens is 273 g/mol. The van der Waals surface area contributed by atoms with E-state index in [1.165, 1.54) is 0 Å². The van der Waals surface area contributed by atoms with E-state index in [4.69, 9.17) is 23.2 Å². The Bertz CT molecular complexity index is 474. The number of rotatable bonds is 5. The molecular formula is C13H15Cl2NO2. The highest BCUT2D eigenvalue weighted by molar-refractivity contribution is 6.33. The maximum Gasteiger partial charge on any atom is 0.328 e. The van der Waals surface area contributed by atoms with Crippen molar-refractivity contribution in [3.8, 4) is 0 Å². The minimum absolute atomic E-state index is 0.410. The van der Waals surface area contributed by atoms with E-state index in [0.29, 0.717) is 28.1 Å². The molecule has 0 aliphatic heterocycles. The van der Waals surface area contributed by atoms with Gasteiger partial charge in [0.25, 0.3) is 0 Å². The summed E-state index contributed by atoms with van der Waals surface area (Å²) >= 11 is 12.0. The smallest absolute Gasteiger partial charge is 0.328 e. The second-order valence-corrected chi connectivity index (χ2v) is 5.72. The van der Waals surface area contributed by atoms with E-state index in [9.17, 15) is 9.90 Å². The fraction of sp³-hybridized carbons (Fsp3) is 0.462. The molecule has 0 radical (unpaired) electrons. The van der Waals surface area contributed by atoms with Gasteiger partial charge in [-0.3, -0.25) is 5.32 Å². The maximum absolute atomic E-state index is 11.6. The Morgan fingerprint density at radius 1 is 1.50 bits per heavy atom. The van der Waals surface area contributed by atoms with Crippen molar-refractivity contribution in [2.24, 2.45) is 5.92 Å². The average molecular weight is 288 g/mol. The molecule has 3 nitrogen and oxygen atoms in total. The minimum atomic E-state index is -1.20. The molecule has 1 aromatic rings. The zero-order valence-electron chi connectivity index (χ0n) is 10.0. The molecule has 98 valence electrons. The van der Waals surface area contributed by atoms with Crippen molar-refractivity contribution in [2.75, 3.05) is 6.54 Å². The predicted molar refractivity (Wildman–Crippen MR) is 72.2 cm³/mol. The Kier molecular flexibility index (Phi) is 3.85. The van der Waals surface area contributed by atoms with Gasteiger partial charge in [0.1, 0.15) is 5.54 Å². The highest BCUT2D eigenvalue weighted by Gasteiger charge is 2.38. The number of aliphatic carboxylic acids is 1. The number of halogens is 2. The van der Waals surface area contributed by atoms with E-state index in [1.54, 1.807) is 25.1 Å². The largest absolute Gasteiger partial charge is 0.480 e. The van der Waals surface area contributed by atoms with Gasteiger partial charge in [0.15, 0.2) is 0 Å². The summed E-state index contributed by atoms with van der Waals surface area (Å²) in [5.74, 6) is -0.367. The molecule has 2 rings (SSSR count). The van der Waals surface area contributed by atoms with Crippen LogP contribution in [0.15, 0.2) is 18.2 Å². The Morgan fingerprint density at radius 2 is 2.17 bits per heavy atom. The predicted octanol–water partition coefficient (Wildman–Crippen LogP) is 3.29. The van der Waals surface area contributed by atoms with Gasteiger partial charge in [-0.15, -0.1) is 0 Å². The molecule has 1 unspecified atom stereocenters. The highest BCUT2D eigenvalue weighted by atomic mass is 35.5. The zero-order valence-corrected chi connectivity index (χ0v) is 11.6. The lowest BCUT2D eigenvalue weighted by Crippen LogP contribution is -2.47. The SMILES string of the molecule is CC(NCC1CC1)(C(=O)O)c1cc(Cl)ccc1Cl. The van der Waals surface area contributed by atoms with Crippen molar-refractivity contribution in [3.05, 3.63) is 33.8 Å². The van der Waals surface area contributed by atoms with E-state index in [1.807, 2.05) is 0 Å². The Morgan fingerprint density at radius 3 is 2.72 bits per heavy atom. The Labute approximate surface area is 116 Å². The number of benzene rings is 1. The fourth-order valence-electron chi connectivity index (χ4n) is 1.84. The van der Waals surface area contributed by atoms with Crippen LogP contribution in [-0.4, -0.2) is 17.6 Å². The molecule has 0 amide bonds. The average Bonchev–Trinajstić information content (AvgIpc) is 3.13. The van der Waals surface area contributed by atoms with Crippen LogP contribution in [-0.2, 0) is 10.3 Å². The number of hydrogen-bond donors (Lipinski definition) is 2. The molecule has 1 fully saturated rings. The second-order valence-electron chi connectivity index (χ2n) is 4.88. The third-order valence-electron chi connectivity index (χ3n) is 3.34. The summed E-state index contributed by atoms with van der Waals surface area (Å²) in [4.78, 5) is 11.6. The first-order chi connectivity index (χ1) is 8.43. The quantitative estimate of drug-likeness (QED) is 0.874. The minimum Gasteiger partial charge on any atom is -0.480 e. The van der Waals surface area contributed by atoms with Crippen LogP contribution in [0, 0.1) is 5.92 Å². The van der Waals surface area contributed by atoms with Gasteiger partial charge in [0, 0.05) is 15.6 Å². The zero-order chi connectivity index (χ0) is 13.3. The van der Waals surface area contributed by atoms with Crippen LogP contribution in [0.3, 0.4) is 0 Å². The fourth-order valence-corrected chi connectivity index (χ4v) is 2.32. The van der Waals surface area contributed by atoms with Crippen LogP contribution in [0.4, 0.5) is 0 Å². The van der Waals surface area contributed by atoms with Gasteiger partial charge in [-0.25, -0.2) is 4.79 Å². The van der Waals surface area contributed by atoms with Gasteiger partial charge in [-0.05, 0) is 50.4 Å². The first kappa shape index (κ1) is 13.7. The molecule has 0 saturated heterocycles. The van der Waals surface area contributed by atoms with Gasteiger partial charge in [-0.2, -0.15) is 0 Å². The highest BCUT2D eigenvalue weighted by Crippen LogP contribution is 2.33. The lowest BCUT2D eigenvalue weighted by atomic mass is 9.91. The van der Waals surface area contributed by atoms with Crippen molar-refractivity contribution in [3.63, 3.8) is 0 Å². The number of nitrogens with one attached hydrogen (secondary N) is 1. The molecule has 1 saturated carbocycles. The summed E-state index contributed by atoms with van der Waals surface area (Å²) in [5, 5.41) is 13.5. The molecule has 0 heterocycles. The first-order valence-electron chi connectivity index (χ1n) is 5.87. The van der Waals surface area contributed by atoms with Gasteiger partial charge < -0.3 is 5.11 Å². The lowest BCUT2D eigenvalue weighted by Gasteiger charge is -2.28. The van der Waals surface area contributed by atoms with Crippen LogP contribution < -0.4 is 5.32 Å². The van der Waals surface area contributed by atoms with Gasteiger partial charge >= 0.3 is 5.97 Å². The number of carboxylic acids is 1. The Hall–Kier alpha value is -0.770. The van der Waals surface area contributed by atoms with Gasteiger partial charge in [-0.1, -0.05) is 23.2 Å². The lowest BCUT2D eigenvalue weighted by molar-refractivity contribution is -0.144. The van der Waals surface area contributed by atoms with Crippen LogP contribution in [0.1, 0.15) is 25.3 Å². The van der Waals surface area contributed by atoms with Gasteiger partial charge in [0.05, 0.1) is 0 Å². The molecule has 5 heteroatoms. The van der Waals surface area contributed by atoms with E-state index >= 15 is 0 Å². The van der Waals surface area contributed by atoms with Crippen molar-refractivity contribution in [1.29, 1.82) is 0 Å². The third kappa shape index (κ3) is 2.79. The third-order valence-corrected chi connectivity index (χ3v) is 3.90.